The predicted octanol–water partition coefficient (Wildman–Crippen LogP) is 1.49. The minimum absolute atomic E-state index is 0.183. The van der Waals surface area contributed by atoms with Gasteiger partial charge < -0.3 is 9.47 Å². The summed E-state index contributed by atoms with van der Waals surface area (Å²) in [5.74, 6) is -0.653. The molecule has 0 aromatic heterocycles. The van der Waals surface area contributed by atoms with Crippen molar-refractivity contribution in [1.29, 1.82) is 0 Å². The Morgan fingerprint density at radius 1 is 1.00 bits per heavy atom. The first-order valence-electron chi connectivity index (χ1n) is 7.39. The molecule has 0 aromatic carbocycles. The molecule has 2 heterocycles. The van der Waals surface area contributed by atoms with Crippen LogP contribution in [0, 0.1) is 0 Å². The van der Waals surface area contributed by atoms with Gasteiger partial charge in [0, 0.05) is 13.0 Å². The Kier molecular flexibility index (Phi) is 3.86. The normalized spacial score (nSPS) is 29.9. The number of piperidine rings is 1. The van der Waals surface area contributed by atoms with Gasteiger partial charge in [-0.05, 0) is 19.3 Å². The van der Waals surface area contributed by atoms with E-state index in [1.165, 1.54) is 6.42 Å². The van der Waals surface area contributed by atoms with Crippen LogP contribution in [0.15, 0.2) is 0 Å². The second-order valence-electron chi connectivity index (χ2n) is 5.85. The first-order chi connectivity index (χ1) is 9.12. The van der Waals surface area contributed by atoms with Crippen LogP contribution in [0.2, 0.25) is 0 Å². The van der Waals surface area contributed by atoms with Crippen LogP contribution in [0.25, 0.3) is 0 Å². The molecule has 6 heteroatoms. The molecule has 110 valence electrons. The summed E-state index contributed by atoms with van der Waals surface area (Å²) >= 11 is 0. The highest BCUT2D eigenvalue weighted by Crippen LogP contribution is 2.34. The molecule has 0 unspecified atom stereocenters. The number of hydrogen-bond donors (Lipinski definition) is 0. The summed E-state index contributed by atoms with van der Waals surface area (Å²) in [5, 5.41) is -0.183. The maximum Gasteiger partial charge on any atom is 0.217 e. The quantitative estimate of drug-likeness (QED) is 0.773. The van der Waals surface area contributed by atoms with Gasteiger partial charge in [0.1, 0.15) is 0 Å². The summed E-state index contributed by atoms with van der Waals surface area (Å²) < 4.78 is 38.3. The first kappa shape index (κ1) is 13.8. The minimum Gasteiger partial charge on any atom is -0.346 e. The Morgan fingerprint density at radius 2 is 1.68 bits per heavy atom. The zero-order valence-electron chi connectivity index (χ0n) is 11.3. The SMILES string of the molecule is O=S(=O)(C1CCCCC1)N1CCCC2(C1)OCCO2. The molecule has 1 spiro atoms. The third-order valence-corrected chi connectivity index (χ3v) is 6.87. The fourth-order valence-electron chi connectivity index (χ4n) is 3.48. The van der Waals surface area contributed by atoms with Gasteiger partial charge in [-0.1, -0.05) is 19.3 Å². The molecule has 2 aliphatic heterocycles. The van der Waals surface area contributed by atoms with Crippen molar-refractivity contribution >= 4 is 10.0 Å². The molecule has 2 saturated heterocycles. The van der Waals surface area contributed by atoms with Crippen molar-refractivity contribution in [3.8, 4) is 0 Å². The second-order valence-corrected chi connectivity index (χ2v) is 8.06. The Bertz CT molecular complexity index is 410. The molecular weight excluding hydrogens is 266 g/mol. The highest BCUT2D eigenvalue weighted by atomic mass is 32.2. The lowest BCUT2D eigenvalue weighted by molar-refractivity contribution is -0.179. The van der Waals surface area contributed by atoms with E-state index in [0.29, 0.717) is 26.3 Å². The van der Waals surface area contributed by atoms with E-state index in [4.69, 9.17) is 9.47 Å². The van der Waals surface area contributed by atoms with Crippen LogP contribution < -0.4 is 0 Å². The highest BCUT2D eigenvalue weighted by molar-refractivity contribution is 7.89. The summed E-state index contributed by atoms with van der Waals surface area (Å²) in [6.45, 7) is 2.16. The lowest BCUT2D eigenvalue weighted by Crippen LogP contribution is -2.53. The first-order valence-corrected chi connectivity index (χ1v) is 8.90. The van der Waals surface area contributed by atoms with Gasteiger partial charge in [0.25, 0.3) is 0 Å². The topological polar surface area (TPSA) is 55.8 Å². The van der Waals surface area contributed by atoms with Crippen LogP contribution in [-0.4, -0.2) is 50.1 Å². The molecule has 0 aromatic rings. The van der Waals surface area contributed by atoms with Crippen LogP contribution in [0.4, 0.5) is 0 Å². The summed E-state index contributed by atoms with van der Waals surface area (Å²) in [4.78, 5) is 0. The predicted molar refractivity (Wildman–Crippen MR) is 71.2 cm³/mol. The molecule has 0 amide bonds. The van der Waals surface area contributed by atoms with Gasteiger partial charge in [0.2, 0.25) is 10.0 Å². The average Bonchev–Trinajstić information content (AvgIpc) is 2.88. The van der Waals surface area contributed by atoms with Gasteiger partial charge in [0.05, 0.1) is 25.0 Å². The van der Waals surface area contributed by atoms with Gasteiger partial charge in [-0.25, -0.2) is 8.42 Å². The molecule has 1 aliphatic carbocycles. The smallest absolute Gasteiger partial charge is 0.217 e. The molecule has 0 N–H and O–H groups in total. The van der Waals surface area contributed by atoms with E-state index in [1.807, 2.05) is 0 Å². The van der Waals surface area contributed by atoms with E-state index in [9.17, 15) is 8.42 Å². The molecule has 3 rings (SSSR count). The molecule has 0 atom stereocenters. The lowest BCUT2D eigenvalue weighted by Gasteiger charge is -2.39. The van der Waals surface area contributed by atoms with Gasteiger partial charge in [-0.2, -0.15) is 4.31 Å². The largest absolute Gasteiger partial charge is 0.346 e. The van der Waals surface area contributed by atoms with Gasteiger partial charge in [-0.15, -0.1) is 0 Å². The van der Waals surface area contributed by atoms with Crippen LogP contribution in [0.3, 0.4) is 0 Å². The number of ether oxygens (including phenoxy) is 2. The summed E-state index contributed by atoms with van der Waals surface area (Å²) in [6.07, 6.45) is 6.50. The Labute approximate surface area is 115 Å². The number of nitrogens with zero attached hydrogens (tertiary/aromatic N) is 1. The Morgan fingerprint density at radius 3 is 2.37 bits per heavy atom. The molecule has 3 aliphatic rings. The van der Waals surface area contributed by atoms with Gasteiger partial charge in [-0.3, -0.25) is 0 Å². The van der Waals surface area contributed by atoms with Crippen LogP contribution in [0.5, 0.6) is 0 Å². The average molecular weight is 289 g/mol. The standard InChI is InChI=1S/C13H23NO4S/c15-19(16,12-5-2-1-3-6-12)14-8-4-7-13(11-14)17-9-10-18-13/h12H,1-11H2. The number of sulfonamides is 1. The lowest BCUT2D eigenvalue weighted by atomic mass is 10.0. The van der Waals surface area contributed by atoms with Crippen molar-refractivity contribution < 1.29 is 17.9 Å². The van der Waals surface area contributed by atoms with Crippen molar-refractivity contribution in [2.24, 2.45) is 0 Å². The molecule has 1 saturated carbocycles. The summed E-state index contributed by atoms with van der Waals surface area (Å²) in [6, 6.07) is 0. The zero-order valence-corrected chi connectivity index (χ0v) is 12.2. The van der Waals surface area contributed by atoms with Crippen molar-refractivity contribution in [1.82, 2.24) is 4.31 Å². The highest BCUT2D eigenvalue weighted by Gasteiger charge is 2.45. The van der Waals surface area contributed by atoms with E-state index >= 15 is 0 Å². The molecule has 5 nitrogen and oxygen atoms in total. The summed E-state index contributed by atoms with van der Waals surface area (Å²) in [5.41, 5.74) is 0. The van der Waals surface area contributed by atoms with Crippen LogP contribution in [-0.2, 0) is 19.5 Å². The maximum atomic E-state index is 12.7. The van der Waals surface area contributed by atoms with E-state index in [1.54, 1.807) is 4.31 Å². The molecule has 19 heavy (non-hydrogen) atoms. The van der Waals surface area contributed by atoms with Crippen molar-refractivity contribution in [3.05, 3.63) is 0 Å². The Hall–Kier alpha value is -0.170. The van der Waals surface area contributed by atoms with Crippen molar-refractivity contribution in [2.45, 2.75) is 56.0 Å². The van der Waals surface area contributed by atoms with E-state index in [0.717, 1.165) is 38.5 Å². The third-order valence-electron chi connectivity index (χ3n) is 4.53. The van der Waals surface area contributed by atoms with Crippen LogP contribution in [0.1, 0.15) is 44.9 Å². The second kappa shape index (κ2) is 5.31. The fraction of sp³-hybridized carbons (Fsp3) is 1.00. The monoisotopic (exact) mass is 289 g/mol. The van der Waals surface area contributed by atoms with Crippen molar-refractivity contribution in [3.63, 3.8) is 0 Å². The maximum absolute atomic E-state index is 12.7. The van der Waals surface area contributed by atoms with E-state index < -0.39 is 15.8 Å². The molecule has 0 bridgehead atoms. The number of rotatable bonds is 2. The number of hydrogen-bond acceptors (Lipinski definition) is 4. The van der Waals surface area contributed by atoms with Gasteiger partial charge >= 0.3 is 0 Å². The van der Waals surface area contributed by atoms with E-state index in [2.05, 4.69) is 0 Å². The minimum atomic E-state index is -3.18. The Balaban J connectivity index is 1.73. The summed E-state index contributed by atoms with van der Waals surface area (Å²) in [7, 11) is -3.18. The van der Waals surface area contributed by atoms with Crippen LogP contribution >= 0.6 is 0 Å². The fourth-order valence-corrected chi connectivity index (χ4v) is 5.59. The molecular formula is C13H23NO4S. The van der Waals surface area contributed by atoms with Gasteiger partial charge in [0.15, 0.2) is 5.79 Å². The van der Waals surface area contributed by atoms with Crippen molar-refractivity contribution in [2.75, 3.05) is 26.3 Å². The third kappa shape index (κ3) is 2.68. The molecule has 0 radical (unpaired) electrons. The zero-order chi connectivity index (χ0) is 13.3. The van der Waals surface area contributed by atoms with E-state index in [-0.39, 0.29) is 5.25 Å². The molecule has 3 fully saturated rings.